The van der Waals surface area contributed by atoms with Crippen LogP contribution < -0.4 is 4.74 Å². The molecule has 20 heavy (non-hydrogen) atoms. The maximum absolute atomic E-state index is 9.56. The molecule has 0 bridgehead atoms. The molecule has 0 spiro atoms. The van der Waals surface area contributed by atoms with Crippen LogP contribution in [0.4, 0.5) is 0 Å². The minimum absolute atomic E-state index is 0.138. The van der Waals surface area contributed by atoms with Gasteiger partial charge in [0, 0.05) is 13.1 Å². The van der Waals surface area contributed by atoms with Gasteiger partial charge in [0.25, 0.3) is 0 Å². The van der Waals surface area contributed by atoms with Gasteiger partial charge in [-0.3, -0.25) is 4.90 Å². The van der Waals surface area contributed by atoms with E-state index in [4.69, 9.17) is 9.47 Å². The van der Waals surface area contributed by atoms with Gasteiger partial charge in [-0.2, -0.15) is 0 Å². The summed E-state index contributed by atoms with van der Waals surface area (Å²) in [6.07, 6.45) is -0.304. The summed E-state index contributed by atoms with van der Waals surface area (Å²) in [6.45, 7) is 10.3. The van der Waals surface area contributed by atoms with Crippen LogP contribution in [-0.2, 0) is 4.74 Å². The molecule has 0 aliphatic carbocycles. The Labute approximate surface area is 121 Å². The second-order valence-corrected chi connectivity index (χ2v) is 5.40. The Kier molecular flexibility index (Phi) is 5.40. The highest BCUT2D eigenvalue weighted by molar-refractivity contribution is 5.36. The SMILES string of the molecule is CCN1CCOC(COc2ccc([C@@H](C)O)cc2C)C1. The third kappa shape index (κ3) is 3.95. The van der Waals surface area contributed by atoms with Crippen molar-refractivity contribution in [2.24, 2.45) is 0 Å². The molecule has 1 saturated heterocycles. The fourth-order valence-corrected chi connectivity index (χ4v) is 2.45. The Morgan fingerprint density at radius 3 is 2.95 bits per heavy atom. The van der Waals surface area contributed by atoms with Gasteiger partial charge in [-0.05, 0) is 43.7 Å². The third-order valence-corrected chi connectivity index (χ3v) is 3.78. The number of rotatable bonds is 5. The van der Waals surface area contributed by atoms with Crippen molar-refractivity contribution >= 4 is 0 Å². The van der Waals surface area contributed by atoms with Gasteiger partial charge in [-0.15, -0.1) is 0 Å². The Hall–Kier alpha value is -1.10. The Morgan fingerprint density at radius 2 is 2.30 bits per heavy atom. The molecule has 1 aromatic carbocycles. The molecule has 0 radical (unpaired) electrons. The summed E-state index contributed by atoms with van der Waals surface area (Å²) >= 11 is 0. The molecule has 4 nitrogen and oxygen atoms in total. The fourth-order valence-electron chi connectivity index (χ4n) is 2.45. The van der Waals surface area contributed by atoms with Gasteiger partial charge in [0.15, 0.2) is 0 Å². The first-order chi connectivity index (χ1) is 9.60. The van der Waals surface area contributed by atoms with E-state index >= 15 is 0 Å². The molecular formula is C16H25NO3. The van der Waals surface area contributed by atoms with Crippen molar-refractivity contribution in [3.63, 3.8) is 0 Å². The zero-order valence-corrected chi connectivity index (χ0v) is 12.6. The lowest BCUT2D eigenvalue weighted by Gasteiger charge is -2.32. The molecular weight excluding hydrogens is 254 g/mol. The van der Waals surface area contributed by atoms with E-state index < -0.39 is 6.10 Å². The van der Waals surface area contributed by atoms with Gasteiger partial charge in [0.1, 0.15) is 18.5 Å². The molecule has 0 aromatic heterocycles. The van der Waals surface area contributed by atoms with E-state index in [-0.39, 0.29) is 6.10 Å². The van der Waals surface area contributed by atoms with Crippen LogP contribution >= 0.6 is 0 Å². The van der Waals surface area contributed by atoms with Crippen molar-refractivity contribution < 1.29 is 14.6 Å². The van der Waals surface area contributed by atoms with Gasteiger partial charge in [-0.1, -0.05) is 13.0 Å². The first-order valence-electron chi connectivity index (χ1n) is 7.35. The van der Waals surface area contributed by atoms with Crippen LogP contribution in [-0.4, -0.2) is 49.0 Å². The van der Waals surface area contributed by atoms with Crippen molar-refractivity contribution in [3.05, 3.63) is 29.3 Å². The summed E-state index contributed by atoms with van der Waals surface area (Å²) in [5, 5.41) is 9.56. The second-order valence-electron chi connectivity index (χ2n) is 5.40. The number of hydrogen-bond acceptors (Lipinski definition) is 4. The summed E-state index contributed by atoms with van der Waals surface area (Å²) in [5.74, 6) is 0.867. The molecule has 0 amide bonds. The first kappa shape index (κ1) is 15.3. The van der Waals surface area contributed by atoms with Crippen LogP contribution in [0, 0.1) is 6.92 Å². The monoisotopic (exact) mass is 279 g/mol. The first-order valence-corrected chi connectivity index (χ1v) is 7.35. The van der Waals surface area contributed by atoms with Crippen LogP contribution in [0.2, 0.25) is 0 Å². The normalized spacial score (nSPS) is 21.7. The Balaban J connectivity index is 1.90. The van der Waals surface area contributed by atoms with Crippen LogP contribution in [0.1, 0.15) is 31.1 Å². The van der Waals surface area contributed by atoms with Gasteiger partial charge >= 0.3 is 0 Å². The van der Waals surface area contributed by atoms with Gasteiger partial charge in [0.05, 0.1) is 12.7 Å². The summed E-state index contributed by atoms with van der Waals surface area (Å²) in [4.78, 5) is 2.38. The molecule has 1 heterocycles. The van der Waals surface area contributed by atoms with E-state index in [9.17, 15) is 5.11 Å². The fraction of sp³-hybridized carbons (Fsp3) is 0.625. The predicted octanol–water partition coefficient (Wildman–Crippen LogP) is 2.15. The summed E-state index contributed by atoms with van der Waals surface area (Å²) < 4.78 is 11.6. The van der Waals surface area contributed by atoms with Crippen molar-refractivity contribution in [2.75, 3.05) is 32.8 Å². The van der Waals surface area contributed by atoms with Crippen LogP contribution in [0.3, 0.4) is 0 Å². The largest absolute Gasteiger partial charge is 0.491 e. The lowest BCUT2D eigenvalue weighted by Crippen LogP contribution is -2.44. The van der Waals surface area contributed by atoms with E-state index in [0.29, 0.717) is 6.61 Å². The van der Waals surface area contributed by atoms with Gasteiger partial charge in [0.2, 0.25) is 0 Å². The van der Waals surface area contributed by atoms with E-state index in [1.54, 1.807) is 6.92 Å². The van der Waals surface area contributed by atoms with Crippen LogP contribution in [0.5, 0.6) is 5.75 Å². The smallest absolute Gasteiger partial charge is 0.122 e. The number of nitrogens with zero attached hydrogens (tertiary/aromatic N) is 1. The second kappa shape index (κ2) is 7.07. The van der Waals surface area contributed by atoms with Crippen molar-refractivity contribution in [2.45, 2.75) is 33.0 Å². The topological polar surface area (TPSA) is 41.9 Å². The van der Waals surface area contributed by atoms with Crippen LogP contribution in [0.25, 0.3) is 0 Å². The van der Waals surface area contributed by atoms with Gasteiger partial charge in [-0.25, -0.2) is 0 Å². The summed E-state index contributed by atoms with van der Waals surface area (Å²) in [5.41, 5.74) is 1.97. The van der Waals surface area contributed by atoms with E-state index in [1.807, 2.05) is 25.1 Å². The summed E-state index contributed by atoms with van der Waals surface area (Å²) in [6, 6.07) is 5.81. The van der Waals surface area contributed by atoms with Crippen molar-refractivity contribution in [1.82, 2.24) is 4.90 Å². The van der Waals surface area contributed by atoms with Crippen molar-refractivity contribution in [3.8, 4) is 5.75 Å². The number of aryl methyl sites for hydroxylation is 1. The molecule has 1 aliphatic rings. The highest BCUT2D eigenvalue weighted by Gasteiger charge is 2.20. The third-order valence-electron chi connectivity index (χ3n) is 3.78. The molecule has 1 aromatic rings. The van der Waals surface area contributed by atoms with E-state index in [0.717, 1.165) is 43.1 Å². The number of morpholine rings is 1. The maximum atomic E-state index is 9.56. The highest BCUT2D eigenvalue weighted by atomic mass is 16.5. The molecule has 1 N–H and O–H groups in total. The minimum Gasteiger partial charge on any atom is -0.491 e. The maximum Gasteiger partial charge on any atom is 0.122 e. The average molecular weight is 279 g/mol. The highest BCUT2D eigenvalue weighted by Crippen LogP contribution is 2.23. The lowest BCUT2D eigenvalue weighted by atomic mass is 10.1. The van der Waals surface area contributed by atoms with Crippen molar-refractivity contribution in [1.29, 1.82) is 0 Å². The molecule has 4 heteroatoms. The summed E-state index contributed by atoms with van der Waals surface area (Å²) in [7, 11) is 0. The number of hydrogen-bond donors (Lipinski definition) is 1. The molecule has 0 saturated carbocycles. The van der Waals surface area contributed by atoms with Gasteiger partial charge < -0.3 is 14.6 Å². The van der Waals surface area contributed by atoms with E-state index in [2.05, 4.69) is 11.8 Å². The zero-order chi connectivity index (χ0) is 14.5. The Morgan fingerprint density at radius 1 is 1.50 bits per heavy atom. The molecule has 2 rings (SSSR count). The quantitative estimate of drug-likeness (QED) is 0.897. The lowest BCUT2D eigenvalue weighted by molar-refractivity contribution is -0.0464. The average Bonchev–Trinajstić information content (AvgIpc) is 2.46. The molecule has 2 atom stereocenters. The minimum atomic E-state index is -0.442. The number of aliphatic hydroxyl groups excluding tert-OH is 1. The molecule has 1 unspecified atom stereocenters. The number of likely N-dealkylation sites (N-methyl/N-ethyl adjacent to an activating group) is 1. The molecule has 1 fully saturated rings. The number of ether oxygens (including phenoxy) is 2. The number of aliphatic hydroxyl groups is 1. The standard InChI is InChI=1S/C16H25NO3/c1-4-17-7-8-19-15(10-17)11-20-16-6-5-14(13(3)18)9-12(16)2/h5-6,9,13,15,18H,4,7-8,10-11H2,1-3H3/t13-,15?/m1/s1. The Bertz CT molecular complexity index is 434. The van der Waals surface area contributed by atoms with E-state index in [1.165, 1.54) is 0 Å². The van der Waals surface area contributed by atoms with Crippen LogP contribution in [0.15, 0.2) is 18.2 Å². The zero-order valence-electron chi connectivity index (χ0n) is 12.6. The predicted molar refractivity (Wildman–Crippen MR) is 79.2 cm³/mol. The number of benzene rings is 1. The molecule has 1 aliphatic heterocycles. The molecule has 112 valence electrons.